The highest BCUT2D eigenvalue weighted by molar-refractivity contribution is 5.69. The Kier molecular flexibility index (Phi) is 4.60. The summed E-state index contributed by atoms with van der Waals surface area (Å²) in [6.45, 7) is 4.14. The number of nitrogen functional groups attached to an aromatic ring is 1. The zero-order chi connectivity index (χ0) is 13.7. The van der Waals surface area contributed by atoms with Gasteiger partial charge in [0.05, 0.1) is 6.61 Å². The standard InChI is InChI=1S/C14H21N3O2/c1-2-19-14(18)10-11-6-8-17(9-7-11)13-5-3-4-12(15)16-13/h3-5,11H,2,6-10H2,1H3,(H2,15,16). The van der Waals surface area contributed by atoms with Crippen molar-refractivity contribution in [2.24, 2.45) is 5.92 Å². The van der Waals surface area contributed by atoms with Crippen LogP contribution in [-0.4, -0.2) is 30.6 Å². The topological polar surface area (TPSA) is 68.5 Å². The van der Waals surface area contributed by atoms with Crippen molar-refractivity contribution in [2.75, 3.05) is 30.3 Å². The predicted molar refractivity (Wildman–Crippen MR) is 74.8 cm³/mol. The Bertz CT molecular complexity index is 428. The second kappa shape index (κ2) is 6.41. The molecule has 1 aliphatic heterocycles. The van der Waals surface area contributed by atoms with Gasteiger partial charge in [-0.05, 0) is 37.8 Å². The Morgan fingerprint density at radius 1 is 1.47 bits per heavy atom. The molecule has 0 amide bonds. The van der Waals surface area contributed by atoms with Crippen LogP contribution in [0.1, 0.15) is 26.2 Å². The molecule has 0 atom stereocenters. The van der Waals surface area contributed by atoms with E-state index in [9.17, 15) is 4.79 Å². The average molecular weight is 263 g/mol. The van der Waals surface area contributed by atoms with Gasteiger partial charge in [0.1, 0.15) is 11.6 Å². The maximum atomic E-state index is 11.4. The maximum Gasteiger partial charge on any atom is 0.306 e. The predicted octanol–water partition coefficient (Wildman–Crippen LogP) is 1.83. The lowest BCUT2D eigenvalue weighted by atomic mass is 9.93. The third-order valence-electron chi connectivity index (χ3n) is 3.46. The average Bonchev–Trinajstić information content (AvgIpc) is 2.40. The van der Waals surface area contributed by atoms with Crippen molar-refractivity contribution in [2.45, 2.75) is 26.2 Å². The zero-order valence-electron chi connectivity index (χ0n) is 11.3. The normalized spacial score (nSPS) is 16.4. The molecule has 1 fully saturated rings. The number of aromatic nitrogens is 1. The number of carbonyl (C=O) groups is 1. The molecule has 19 heavy (non-hydrogen) atoms. The van der Waals surface area contributed by atoms with E-state index in [2.05, 4.69) is 9.88 Å². The Balaban J connectivity index is 1.84. The fraction of sp³-hybridized carbons (Fsp3) is 0.571. The number of rotatable bonds is 4. The molecule has 0 spiro atoms. The molecule has 1 saturated heterocycles. The van der Waals surface area contributed by atoms with E-state index in [1.165, 1.54) is 0 Å². The molecule has 1 aromatic rings. The summed E-state index contributed by atoms with van der Waals surface area (Å²) in [5, 5.41) is 0. The summed E-state index contributed by atoms with van der Waals surface area (Å²) in [6.07, 6.45) is 2.52. The summed E-state index contributed by atoms with van der Waals surface area (Å²) in [5.41, 5.74) is 5.69. The molecule has 104 valence electrons. The molecular formula is C14H21N3O2. The largest absolute Gasteiger partial charge is 0.466 e. The van der Waals surface area contributed by atoms with E-state index >= 15 is 0 Å². The monoisotopic (exact) mass is 263 g/mol. The van der Waals surface area contributed by atoms with Crippen molar-refractivity contribution in [3.8, 4) is 0 Å². The van der Waals surface area contributed by atoms with Crippen LogP contribution >= 0.6 is 0 Å². The number of piperidine rings is 1. The molecule has 0 saturated carbocycles. The van der Waals surface area contributed by atoms with Crippen LogP contribution in [0, 0.1) is 5.92 Å². The van der Waals surface area contributed by atoms with Gasteiger partial charge >= 0.3 is 5.97 Å². The first-order valence-corrected chi connectivity index (χ1v) is 6.82. The van der Waals surface area contributed by atoms with Gasteiger partial charge in [0, 0.05) is 19.5 Å². The highest BCUT2D eigenvalue weighted by Crippen LogP contribution is 2.24. The SMILES string of the molecule is CCOC(=O)CC1CCN(c2cccc(N)n2)CC1. The molecule has 0 aromatic carbocycles. The second-order valence-electron chi connectivity index (χ2n) is 4.86. The number of esters is 1. The molecular weight excluding hydrogens is 242 g/mol. The first-order chi connectivity index (χ1) is 9.19. The molecule has 5 nitrogen and oxygen atoms in total. The number of carbonyl (C=O) groups excluding carboxylic acids is 1. The van der Waals surface area contributed by atoms with Crippen molar-refractivity contribution in [1.29, 1.82) is 0 Å². The van der Waals surface area contributed by atoms with E-state index in [-0.39, 0.29) is 5.97 Å². The molecule has 1 aromatic heterocycles. The van der Waals surface area contributed by atoms with Crippen molar-refractivity contribution >= 4 is 17.6 Å². The van der Waals surface area contributed by atoms with Gasteiger partial charge in [0.2, 0.25) is 0 Å². The highest BCUT2D eigenvalue weighted by Gasteiger charge is 2.22. The van der Waals surface area contributed by atoms with E-state index in [1.54, 1.807) is 6.07 Å². The molecule has 0 unspecified atom stereocenters. The molecule has 0 radical (unpaired) electrons. The van der Waals surface area contributed by atoms with E-state index in [0.29, 0.717) is 24.8 Å². The molecule has 5 heteroatoms. The Morgan fingerprint density at radius 2 is 2.21 bits per heavy atom. The van der Waals surface area contributed by atoms with Crippen LogP contribution in [0.4, 0.5) is 11.6 Å². The molecule has 1 aliphatic rings. The first-order valence-electron chi connectivity index (χ1n) is 6.82. The lowest BCUT2D eigenvalue weighted by Gasteiger charge is -2.32. The highest BCUT2D eigenvalue weighted by atomic mass is 16.5. The number of hydrogen-bond donors (Lipinski definition) is 1. The summed E-state index contributed by atoms with van der Waals surface area (Å²) in [5.74, 6) is 1.82. The molecule has 0 aliphatic carbocycles. The van der Waals surface area contributed by atoms with Gasteiger partial charge in [-0.1, -0.05) is 6.07 Å². The van der Waals surface area contributed by atoms with E-state index in [1.807, 2.05) is 19.1 Å². The number of ether oxygens (including phenoxy) is 1. The lowest BCUT2D eigenvalue weighted by Crippen LogP contribution is -2.35. The number of anilines is 2. The second-order valence-corrected chi connectivity index (χ2v) is 4.86. The fourth-order valence-corrected chi connectivity index (χ4v) is 2.44. The number of pyridine rings is 1. The van der Waals surface area contributed by atoms with Gasteiger partial charge in [-0.25, -0.2) is 4.98 Å². The van der Waals surface area contributed by atoms with Crippen LogP contribution in [0.3, 0.4) is 0 Å². The van der Waals surface area contributed by atoms with Gasteiger partial charge in [-0.3, -0.25) is 4.79 Å². The van der Waals surface area contributed by atoms with Crippen LogP contribution in [0.5, 0.6) is 0 Å². The first kappa shape index (κ1) is 13.6. The molecule has 2 N–H and O–H groups in total. The van der Waals surface area contributed by atoms with Crippen molar-refractivity contribution in [3.63, 3.8) is 0 Å². The third kappa shape index (κ3) is 3.84. The number of nitrogens with zero attached hydrogens (tertiary/aromatic N) is 2. The quantitative estimate of drug-likeness (QED) is 0.839. The van der Waals surface area contributed by atoms with Gasteiger partial charge < -0.3 is 15.4 Å². The fourth-order valence-electron chi connectivity index (χ4n) is 2.44. The summed E-state index contributed by atoms with van der Waals surface area (Å²) < 4.78 is 4.99. The van der Waals surface area contributed by atoms with Gasteiger partial charge in [-0.15, -0.1) is 0 Å². The van der Waals surface area contributed by atoms with Crippen LogP contribution in [-0.2, 0) is 9.53 Å². The Labute approximate surface area is 113 Å². The minimum atomic E-state index is -0.0805. The van der Waals surface area contributed by atoms with E-state index in [4.69, 9.17) is 10.5 Å². The summed E-state index contributed by atoms with van der Waals surface area (Å²) in [7, 11) is 0. The van der Waals surface area contributed by atoms with Gasteiger partial charge in [0.15, 0.2) is 0 Å². The summed E-state index contributed by atoms with van der Waals surface area (Å²) >= 11 is 0. The van der Waals surface area contributed by atoms with Gasteiger partial charge in [0.25, 0.3) is 0 Å². The number of nitrogens with two attached hydrogens (primary N) is 1. The Morgan fingerprint density at radius 3 is 2.84 bits per heavy atom. The smallest absolute Gasteiger partial charge is 0.306 e. The Hall–Kier alpha value is -1.78. The molecule has 2 rings (SSSR count). The van der Waals surface area contributed by atoms with Gasteiger partial charge in [-0.2, -0.15) is 0 Å². The summed E-state index contributed by atoms with van der Waals surface area (Å²) in [6, 6.07) is 5.68. The zero-order valence-corrected chi connectivity index (χ0v) is 11.3. The minimum absolute atomic E-state index is 0.0805. The summed E-state index contributed by atoms with van der Waals surface area (Å²) in [4.78, 5) is 18.0. The van der Waals surface area contributed by atoms with E-state index in [0.717, 1.165) is 31.7 Å². The van der Waals surface area contributed by atoms with E-state index < -0.39 is 0 Å². The van der Waals surface area contributed by atoms with Crippen molar-refractivity contribution in [1.82, 2.24) is 4.98 Å². The van der Waals surface area contributed by atoms with Crippen LogP contribution in [0.25, 0.3) is 0 Å². The van der Waals surface area contributed by atoms with Crippen molar-refractivity contribution in [3.05, 3.63) is 18.2 Å². The third-order valence-corrected chi connectivity index (χ3v) is 3.46. The van der Waals surface area contributed by atoms with Crippen molar-refractivity contribution < 1.29 is 9.53 Å². The maximum absolute atomic E-state index is 11.4. The van der Waals surface area contributed by atoms with Crippen LogP contribution in [0.15, 0.2) is 18.2 Å². The minimum Gasteiger partial charge on any atom is -0.466 e. The molecule has 0 bridgehead atoms. The van der Waals surface area contributed by atoms with Crippen LogP contribution < -0.4 is 10.6 Å². The lowest BCUT2D eigenvalue weighted by molar-refractivity contribution is -0.144. The molecule has 2 heterocycles. The van der Waals surface area contributed by atoms with Crippen LogP contribution in [0.2, 0.25) is 0 Å². The number of hydrogen-bond acceptors (Lipinski definition) is 5.